The number of rotatable bonds is 5. The first-order chi connectivity index (χ1) is 17.0. The maximum atomic E-state index is 13.0. The predicted molar refractivity (Wildman–Crippen MR) is 138 cm³/mol. The molecule has 0 spiro atoms. The topological polar surface area (TPSA) is 71.3 Å². The summed E-state index contributed by atoms with van der Waals surface area (Å²) in [5.41, 5.74) is 6.16. The van der Waals surface area contributed by atoms with E-state index in [1.165, 1.54) is 11.3 Å². The number of benzene rings is 1. The molecule has 5 heterocycles. The van der Waals surface area contributed by atoms with Crippen LogP contribution in [0.1, 0.15) is 30.0 Å². The zero-order chi connectivity index (χ0) is 24.1. The van der Waals surface area contributed by atoms with Crippen LogP contribution in [0.4, 0.5) is 5.69 Å². The first-order valence-electron chi connectivity index (χ1n) is 12.4. The molecule has 4 aromatic rings. The Morgan fingerprint density at radius 3 is 2.49 bits per heavy atom. The van der Waals surface area contributed by atoms with Gasteiger partial charge in [0.2, 0.25) is 0 Å². The molecule has 0 radical (unpaired) electrons. The van der Waals surface area contributed by atoms with Gasteiger partial charge in [-0.25, -0.2) is 0 Å². The van der Waals surface area contributed by atoms with Crippen LogP contribution in [0.15, 0.2) is 53.7 Å². The van der Waals surface area contributed by atoms with Gasteiger partial charge in [0.1, 0.15) is 5.52 Å². The summed E-state index contributed by atoms with van der Waals surface area (Å²) < 4.78 is 8.93. The van der Waals surface area contributed by atoms with Crippen molar-refractivity contribution in [3.05, 3.63) is 70.4 Å². The second-order valence-electron chi connectivity index (χ2n) is 9.98. The number of H-pyrrole nitrogens is 1. The van der Waals surface area contributed by atoms with E-state index in [4.69, 9.17) is 4.74 Å². The van der Waals surface area contributed by atoms with Crippen molar-refractivity contribution in [1.29, 1.82) is 0 Å². The van der Waals surface area contributed by atoms with E-state index in [1.807, 2.05) is 30.3 Å². The van der Waals surface area contributed by atoms with Gasteiger partial charge < -0.3 is 24.1 Å². The number of likely N-dealkylation sites (N-methyl/N-ethyl adjacent to an activating group) is 1. The van der Waals surface area contributed by atoms with E-state index in [0.29, 0.717) is 24.8 Å². The summed E-state index contributed by atoms with van der Waals surface area (Å²) in [4.78, 5) is 21.2. The second kappa shape index (κ2) is 8.70. The summed E-state index contributed by atoms with van der Waals surface area (Å²) >= 11 is 0. The third-order valence-electron chi connectivity index (χ3n) is 7.63. The molecule has 1 N–H and O–H groups in total. The molecule has 8 nitrogen and oxygen atoms in total. The normalized spacial score (nSPS) is 18.2. The number of nitrogens with one attached hydrogen (secondary N) is 1. The Balaban J connectivity index is 1.32. The van der Waals surface area contributed by atoms with Crippen molar-refractivity contribution in [3.8, 4) is 11.3 Å². The summed E-state index contributed by atoms with van der Waals surface area (Å²) in [6.45, 7) is 7.92. The number of hydrogen-bond donors (Lipinski definition) is 1. The van der Waals surface area contributed by atoms with Crippen molar-refractivity contribution >= 4 is 16.6 Å². The molecule has 0 bridgehead atoms. The second-order valence-corrected chi connectivity index (χ2v) is 9.98. The average Bonchev–Trinajstić information content (AvgIpc) is 3.49. The lowest BCUT2D eigenvalue weighted by molar-refractivity contribution is -0.0286. The fraction of sp³-hybridized carbons (Fsp3) is 0.407. The minimum absolute atomic E-state index is 0.0209. The molecule has 0 amide bonds. The molecule has 35 heavy (non-hydrogen) atoms. The average molecular weight is 473 g/mol. The quantitative estimate of drug-likeness (QED) is 0.483. The monoisotopic (exact) mass is 472 g/mol. The number of pyridine rings is 1. The molecule has 2 fully saturated rings. The number of fused-ring (bicyclic) bond motifs is 1. The Hall–Kier alpha value is -3.36. The minimum Gasteiger partial charge on any atom is -0.377 e. The molecule has 0 aliphatic carbocycles. The molecule has 8 heteroatoms. The van der Waals surface area contributed by atoms with Crippen molar-refractivity contribution in [1.82, 2.24) is 24.2 Å². The molecular weight excluding hydrogens is 440 g/mol. The molecule has 182 valence electrons. The highest BCUT2D eigenvalue weighted by Crippen LogP contribution is 2.33. The van der Waals surface area contributed by atoms with Gasteiger partial charge in [-0.05, 0) is 36.4 Å². The van der Waals surface area contributed by atoms with E-state index >= 15 is 0 Å². The van der Waals surface area contributed by atoms with E-state index in [9.17, 15) is 4.79 Å². The summed E-state index contributed by atoms with van der Waals surface area (Å²) in [7, 11) is 4.00. The minimum atomic E-state index is -0.0209. The maximum Gasteiger partial charge on any atom is 0.274 e. The van der Waals surface area contributed by atoms with Crippen LogP contribution in [-0.2, 0) is 11.8 Å². The van der Waals surface area contributed by atoms with E-state index in [0.717, 1.165) is 48.4 Å². The number of aromatic nitrogens is 4. The highest BCUT2D eigenvalue weighted by molar-refractivity contribution is 5.88. The fourth-order valence-corrected chi connectivity index (χ4v) is 5.14. The first kappa shape index (κ1) is 22.1. The SMILES string of the molecule is CC(c1ccc(N2CCN(C)CC2)cc1)c1cn(C)c(=O)c2[nH]c(-c3cnn(C4COC4)c3)cc12. The maximum absolute atomic E-state index is 13.0. The number of aryl methyl sites for hydroxylation is 1. The van der Waals surface area contributed by atoms with E-state index < -0.39 is 0 Å². The van der Waals surface area contributed by atoms with Crippen molar-refractivity contribution in [2.45, 2.75) is 18.9 Å². The summed E-state index contributed by atoms with van der Waals surface area (Å²) in [5, 5.41) is 5.48. The molecular formula is C27H32N6O2. The summed E-state index contributed by atoms with van der Waals surface area (Å²) in [5.74, 6) is 0.143. The van der Waals surface area contributed by atoms with Crippen LogP contribution >= 0.6 is 0 Å². The standard InChI is InChI=1S/C27H32N6O2/c1-18(19-4-6-21(7-5-19)32-10-8-30(2)9-11-32)24-15-31(3)27(34)26-23(24)12-25(29-26)20-13-28-33(14-20)22-16-35-17-22/h4-7,12-15,18,22,29H,8-11,16-17H2,1-3H3. The molecule has 2 aliphatic rings. The number of piperazine rings is 1. The third-order valence-corrected chi connectivity index (χ3v) is 7.63. The van der Waals surface area contributed by atoms with Crippen molar-refractivity contribution in [2.75, 3.05) is 51.3 Å². The van der Waals surface area contributed by atoms with Crippen LogP contribution in [-0.4, -0.2) is 70.7 Å². The van der Waals surface area contributed by atoms with Crippen LogP contribution in [0.2, 0.25) is 0 Å². The first-order valence-corrected chi connectivity index (χ1v) is 12.4. The van der Waals surface area contributed by atoms with Gasteiger partial charge in [-0.2, -0.15) is 5.10 Å². The Morgan fingerprint density at radius 2 is 1.80 bits per heavy atom. The molecule has 0 saturated carbocycles. The van der Waals surface area contributed by atoms with Gasteiger partial charge in [-0.15, -0.1) is 0 Å². The molecule has 1 aromatic carbocycles. The zero-order valence-corrected chi connectivity index (χ0v) is 20.6. The highest BCUT2D eigenvalue weighted by Gasteiger charge is 2.23. The lowest BCUT2D eigenvalue weighted by atomic mass is 9.91. The van der Waals surface area contributed by atoms with Crippen LogP contribution in [0.25, 0.3) is 22.2 Å². The highest BCUT2D eigenvalue weighted by atomic mass is 16.5. The summed E-state index contributed by atoms with van der Waals surface area (Å²) in [6.07, 6.45) is 5.87. The lowest BCUT2D eigenvalue weighted by Crippen LogP contribution is -2.44. The van der Waals surface area contributed by atoms with Crippen LogP contribution in [0.5, 0.6) is 0 Å². The Bertz CT molecular complexity index is 1400. The van der Waals surface area contributed by atoms with E-state index in [1.54, 1.807) is 4.57 Å². The number of ether oxygens (including phenoxy) is 1. The van der Waals surface area contributed by atoms with Crippen LogP contribution < -0.4 is 10.5 Å². The molecule has 2 aliphatic heterocycles. The van der Waals surface area contributed by atoms with Crippen LogP contribution in [0, 0.1) is 0 Å². The van der Waals surface area contributed by atoms with Gasteiger partial charge in [0.05, 0.1) is 25.5 Å². The largest absolute Gasteiger partial charge is 0.377 e. The van der Waals surface area contributed by atoms with Gasteiger partial charge in [0, 0.05) is 73.9 Å². The van der Waals surface area contributed by atoms with Gasteiger partial charge in [0.25, 0.3) is 5.56 Å². The van der Waals surface area contributed by atoms with Crippen molar-refractivity contribution < 1.29 is 4.74 Å². The molecule has 1 atom stereocenters. The van der Waals surface area contributed by atoms with Crippen molar-refractivity contribution in [2.24, 2.45) is 7.05 Å². The Labute approximate surface area is 204 Å². The zero-order valence-electron chi connectivity index (χ0n) is 20.6. The number of anilines is 1. The molecule has 6 rings (SSSR count). The van der Waals surface area contributed by atoms with Crippen LogP contribution in [0.3, 0.4) is 0 Å². The smallest absolute Gasteiger partial charge is 0.274 e. The summed E-state index contributed by atoms with van der Waals surface area (Å²) in [6, 6.07) is 11.3. The van der Waals surface area contributed by atoms with E-state index in [-0.39, 0.29) is 11.5 Å². The van der Waals surface area contributed by atoms with Gasteiger partial charge in [-0.3, -0.25) is 9.48 Å². The van der Waals surface area contributed by atoms with E-state index in [2.05, 4.69) is 64.2 Å². The van der Waals surface area contributed by atoms with Gasteiger partial charge in [-0.1, -0.05) is 19.1 Å². The molecule has 3 aromatic heterocycles. The predicted octanol–water partition coefficient (Wildman–Crippen LogP) is 3.21. The van der Waals surface area contributed by atoms with Crippen molar-refractivity contribution in [3.63, 3.8) is 0 Å². The van der Waals surface area contributed by atoms with Gasteiger partial charge >= 0.3 is 0 Å². The number of aromatic amines is 1. The Morgan fingerprint density at radius 1 is 1.06 bits per heavy atom. The molecule has 1 unspecified atom stereocenters. The molecule has 2 saturated heterocycles. The Kier molecular flexibility index (Phi) is 5.50. The van der Waals surface area contributed by atoms with Gasteiger partial charge in [0.15, 0.2) is 0 Å². The third kappa shape index (κ3) is 3.96. The number of hydrogen-bond acceptors (Lipinski definition) is 5. The lowest BCUT2D eigenvalue weighted by Gasteiger charge is -2.34. The number of nitrogens with zero attached hydrogens (tertiary/aromatic N) is 5. The fourth-order valence-electron chi connectivity index (χ4n) is 5.14.